The Balaban J connectivity index is 4.84. The summed E-state index contributed by atoms with van der Waals surface area (Å²) in [7, 11) is -0.218. The zero-order chi connectivity index (χ0) is 25.9. The fraction of sp³-hybridized carbons (Fsp3) is 0.833. The monoisotopic (exact) mass is 493 g/mol. The Morgan fingerprint density at radius 2 is 1.79 bits per heavy atom. The molecule has 198 valence electrons. The van der Waals surface area contributed by atoms with Gasteiger partial charge >= 0.3 is 7.12 Å². The molecule has 15 nitrogen and oxygen atoms in total. The molecule has 0 radical (unpaired) electrons. The van der Waals surface area contributed by atoms with Gasteiger partial charge in [0.25, 0.3) is 0 Å². The predicted octanol–water partition coefficient (Wildman–Crippen LogP) is -2.52. The molecule has 0 spiro atoms. The van der Waals surface area contributed by atoms with E-state index in [0.29, 0.717) is 19.6 Å². The fourth-order valence-corrected chi connectivity index (χ4v) is 2.71. The number of hydrazine groups is 1. The molecular weight excluding hydrogens is 455 g/mol. The smallest absolute Gasteiger partial charge is 0.475 e. The van der Waals surface area contributed by atoms with Crippen molar-refractivity contribution in [3.63, 3.8) is 0 Å². The first-order valence-electron chi connectivity index (χ1n) is 10.9. The van der Waals surface area contributed by atoms with Crippen LogP contribution in [0.15, 0.2) is 4.99 Å². The zero-order valence-electron chi connectivity index (χ0n) is 19.9. The molecule has 8 N–H and O–H groups in total. The average Bonchev–Trinajstić information content (AvgIpc) is 2.73. The van der Waals surface area contributed by atoms with Gasteiger partial charge in [0.2, 0.25) is 17.8 Å². The van der Waals surface area contributed by atoms with E-state index in [1.54, 1.807) is 7.11 Å². The van der Waals surface area contributed by atoms with Crippen molar-refractivity contribution in [1.29, 1.82) is 0 Å². The van der Waals surface area contributed by atoms with Gasteiger partial charge in [0, 0.05) is 13.7 Å². The van der Waals surface area contributed by atoms with Gasteiger partial charge in [-0.3, -0.25) is 20.0 Å². The lowest BCUT2D eigenvalue weighted by atomic mass is 9.75. The molecule has 0 aromatic carbocycles. The largest absolute Gasteiger partial charge is 0.744 e. The van der Waals surface area contributed by atoms with E-state index < -0.39 is 36.3 Å². The van der Waals surface area contributed by atoms with E-state index in [0.717, 1.165) is 0 Å². The van der Waals surface area contributed by atoms with E-state index in [-0.39, 0.29) is 51.1 Å². The first-order chi connectivity index (χ1) is 16.1. The van der Waals surface area contributed by atoms with Crippen LogP contribution in [0, 0.1) is 11.1 Å². The van der Waals surface area contributed by atoms with E-state index in [1.165, 1.54) is 0 Å². The summed E-state index contributed by atoms with van der Waals surface area (Å²) in [6.45, 7) is 4.79. The minimum absolute atomic E-state index is 0.0802. The summed E-state index contributed by atoms with van der Waals surface area (Å²) in [4.78, 5) is 28.8. The predicted molar refractivity (Wildman–Crippen MR) is 123 cm³/mol. The van der Waals surface area contributed by atoms with Crippen molar-refractivity contribution in [3.05, 3.63) is 5.21 Å². The zero-order valence-corrected chi connectivity index (χ0v) is 19.9. The summed E-state index contributed by atoms with van der Waals surface area (Å²) >= 11 is 0. The molecule has 0 aliphatic rings. The minimum Gasteiger partial charge on any atom is -0.744 e. The highest BCUT2D eigenvalue weighted by Gasteiger charge is 2.29. The summed E-state index contributed by atoms with van der Waals surface area (Å²) in [6, 6.07) is -1.01. The van der Waals surface area contributed by atoms with Crippen molar-refractivity contribution in [3.8, 4) is 0 Å². The number of nitrogens with two attached hydrogens (primary N) is 1. The van der Waals surface area contributed by atoms with Crippen LogP contribution < -0.4 is 21.8 Å². The van der Waals surface area contributed by atoms with Gasteiger partial charge in [0.05, 0.1) is 32.4 Å². The van der Waals surface area contributed by atoms with Crippen LogP contribution in [0.5, 0.6) is 0 Å². The van der Waals surface area contributed by atoms with E-state index in [1.807, 2.05) is 19.3 Å². The summed E-state index contributed by atoms with van der Waals surface area (Å²) in [5.74, 6) is -2.32. The number of guanidine groups is 1. The van der Waals surface area contributed by atoms with Crippen molar-refractivity contribution in [2.24, 2.45) is 16.6 Å². The number of amides is 2. The number of carbonyl (C=O) groups excluding carboxylic acids is 2. The second kappa shape index (κ2) is 19.3. The van der Waals surface area contributed by atoms with Crippen LogP contribution in [-0.2, 0) is 23.8 Å². The SMILES string of the molecule is COCCOCCOCC(=O)N[C@@H](CCCN=C(N)NN([O-])O)C(=O)N[C@@H](CC(C)C)B(O)O. The van der Waals surface area contributed by atoms with Crippen LogP contribution in [0.4, 0.5) is 0 Å². The molecule has 0 bridgehead atoms. The highest BCUT2D eigenvalue weighted by atomic mass is 16.8. The van der Waals surface area contributed by atoms with Gasteiger partial charge in [0.15, 0.2) is 0 Å². The second-order valence-electron chi connectivity index (χ2n) is 7.73. The molecule has 34 heavy (non-hydrogen) atoms. The van der Waals surface area contributed by atoms with Gasteiger partial charge in [-0.05, 0) is 25.2 Å². The molecule has 0 aromatic rings. The van der Waals surface area contributed by atoms with Crippen molar-refractivity contribution in [2.75, 3.05) is 46.7 Å². The van der Waals surface area contributed by atoms with Gasteiger partial charge in [-0.25, -0.2) is 0 Å². The third kappa shape index (κ3) is 17.4. The maximum atomic E-state index is 12.8. The van der Waals surface area contributed by atoms with Crippen molar-refractivity contribution in [2.45, 2.75) is 45.1 Å². The molecule has 0 aliphatic carbocycles. The number of rotatable bonds is 19. The van der Waals surface area contributed by atoms with Crippen LogP contribution >= 0.6 is 0 Å². The number of carbonyl (C=O) groups is 2. The summed E-state index contributed by atoms with van der Waals surface area (Å²) in [5, 5.41) is 42.6. The molecule has 0 saturated heterocycles. The van der Waals surface area contributed by atoms with Crippen LogP contribution in [0.1, 0.15) is 33.1 Å². The Hall–Kier alpha value is -2.05. The normalized spacial score (nSPS) is 13.6. The topological polar surface area (TPSA) is 223 Å². The van der Waals surface area contributed by atoms with E-state index >= 15 is 0 Å². The number of ether oxygens (including phenoxy) is 3. The van der Waals surface area contributed by atoms with E-state index in [4.69, 9.17) is 25.2 Å². The first kappa shape index (κ1) is 32.0. The van der Waals surface area contributed by atoms with Crippen LogP contribution in [0.25, 0.3) is 0 Å². The van der Waals surface area contributed by atoms with E-state index in [9.17, 15) is 24.8 Å². The van der Waals surface area contributed by atoms with Crippen molar-refractivity contribution < 1.29 is 39.1 Å². The van der Waals surface area contributed by atoms with Crippen LogP contribution in [-0.4, -0.2) is 104 Å². The van der Waals surface area contributed by atoms with Crippen LogP contribution in [0.3, 0.4) is 0 Å². The molecule has 0 fully saturated rings. The molecule has 0 saturated carbocycles. The standard InChI is InChI=1S/C18H38BN6O9/c1-13(2)11-15(19(28)29)23-17(27)14(5-4-6-21-18(20)24-25(30)31)22-16(26)12-34-10-9-33-8-7-32-3/h13-15,28-30H,4-12H2,1-3H3,(H,22,26)(H,23,27)(H3,20,21,24)/q-1/t14-,15-/m0/s1. The van der Waals surface area contributed by atoms with Crippen molar-refractivity contribution in [1.82, 2.24) is 21.4 Å². The number of hydrogen-bond acceptors (Lipinski definition) is 11. The van der Waals surface area contributed by atoms with E-state index in [2.05, 4.69) is 15.6 Å². The van der Waals surface area contributed by atoms with Crippen molar-refractivity contribution >= 4 is 24.9 Å². The Bertz CT molecular complexity index is 598. The quantitative estimate of drug-likeness (QED) is 0.0326. The van der Waals surface area contributed by atoms with Crippen LogP contribution in [0.2, 0.25) is 0 Å². The molecule has 16 heteroatoms. The minimum atomic E-state index is -1.77. The molecule has 2 atom stereocenters. The summed E-state index contributed by atoms with van der Waals surface area (Å²) in [5.41, 5.74) is 7.19. The number of hydrogen-bond donors (Lipinski definition) is 7. The molecule has 2 amide bonds. The molecule has 0 heterocycles. The molecule has 0 unspecified atom stereocenters. The molecule has 0 rings (SSSR count). The number of nitrogens with one attached hydrogen (secondary N) is 3. The highest BCUT2D eigenvalue weighted by molar-refractivity contribution is 6.43. The lowest BCUT2D eigenvalue weighted by Crippen LogP contribution is -2.54. The summed E-state index contributed by atoms with van der Waals surface area (Å²) in [6.07, 6.45) is 0.718. The van der Waals surface area contributed by atoms with Gasteiger partial charge < -0.3 is 51.0 Å². The molecule has 0 aromatic heterocycles. The lowest BCUT2D eigenvalue weighted by molar-refractivity contribution is -0.132. The second-order valence-corrected chi connectivity index (χ2v) is 7.73. The Morgan fingerprint density at radius 3 is 2.38 bits per heavy atom. The third-order valence-corrected chi connectivity index (χ3v) is 4.24. The Morgan fingerprint density at radius 1 is 1.15 bits per heavy atom. The number of aliphatic imine (C=N–C) groups is 1. The van der Waals surface area contributed by atoms with Gasteiger partial charge in [-0.1, -0.05) is 13.8 Å². The maximum Gasteiger partial charge on any atom is 0.475 e. The number of methoxy groups -OCH3 is 1. The maximum absolute atomic E-state index is 12.8. The van der Waals surface area contributed by atoms with Gasteiger partial charge in [-0.15, -0.1) is 0 Å². The number of nitrogens with zero attached hydrogens (tertiary/aromatic N) is 2. The Kier molecular flexibility index (Phi) is 18.1. The fourth-order valence-electron chi connectivity index (χ4n) is 2.71. The Labute approximate surface area is 199 Å². The molecular formula is C18H38BN6O9-. The first-order valence-corrected chi connectivity index (χ1v) is 10.9. The van der Waals surface area contributed by atoms with Gasteiger partial charge in [-0.2, -0.15) is 5.34 Å². The molecule has 0 aliphatic heterocycles. The highest BCUT2D eigenvalue weighted by Crippen LogP contribution is 2.07. The summed E-state index contributed by atoms with van der Waals surface area (Å²) < 4.78 is 15.3. The lowest BCUT2D eigenvalue weighted by Gasteiger charge is -2.24. The third-order valence-electron chi connectivity index (χ3n) is 4.24. The average molecular weight is 493 g/mol. The van der Waals surface area contributed by atoms with Gasteiger partial charge in [0.1, 0.15) is 12.6 Å².